The van der Waals surface area contributed by atoms with Crippen molar-refractivity contribution in [1.29, 1.82) is 0 Å². The Labute approximate surface area is 185 Å². The fourth-order valence-corrected chi connectivity index (χ4v) is 4.96. The third kappa shape index (κ3) is 5.80. The molecule has 2 aromatic rings. The van der Waals surface area contributed by atoms with E-state index in [2.05, 4.69) is 0 Å². The van der Waals surface area contributed by atoms with Crippen LogP contribution in [0, 0.1) is 12.8 Å². The zero-order valence-electron chi connectivity index (χ0n) is 17.5. The normalized spacial score (nSPS) is 16.0. The number of hydrogen-bond acceptors (Lipinski definition) is 5. The number of carbonyl (C=O) groups excluding carboxylic acids is 1. The lowest BCUT2D eigenvalue weighted by Crippen LogP contribution is -2.40. The SMILES string of the molecule is Cc1ccccc1OCCOC(=O)C1CCN(S(=O)(=O)c2cccc(C(F)(F)F)c2)CC1. The highest BCUT2D eigenvalue weighted by molar-refractivity contribution is 7.89. The van der Waals surface area contributed by atoms with Crippen molar-refractivity contribution in [3.8, 4) is 5.75 Å². The first-order valence-electron chi connectivity index (χ1n) is 10.1. The molecule has 0 radical (unpaired) electrons. The minimum absolute atomic E-state index is 0.0258. The molecule has 3 rings (SSSR count). The highest BCUT2D eigenvalue weighted by atomic mass is 32.2. The van der Waals surface area contributed by atoms with Crippen molar-refractivity contribution >= 4 is 16.0 Å². The predicted octanol–water partition coefficient (Wildman–Crippen LogP) is 4.04. The van der Waals surface area contributed by atoms with Crippen LogP contribution in [0.1, 0.15) is 24.0 Å². The number of halogens is 3. The van der Waals surface area contributed by atoms with Gasteiger partial charge >= 0.3 is 12.1 Å². The number of alkyl halides is 3. The molecule has 0 spiro atoms. The van der Waals surface area contributed by atoms with Crippen LogP contribution < -0.4 is 4.74 Å². The second-order valence-corrected chi connectivity index (χ2v) is 9.42. The molecule has 1 aliphatic rings. The summed E-state index contributed by atoms with van der Waals surface area (Å²) >= 11 is 0. The van der Waals surface area contributed by atoms with Gasteiger partial charge in [0.1, 0.15) is 19.0 Å². The molecule has 1 heterocycles. The molecular formula is C22H24F3NO5S. The Kier molecular flexibility index (Phi) is 7.45. The summed E-state index contributed by atoms with van der Waals surface area (Å²) in [5.74, 6) is -0.201. The Hall–Kier alpha value is -2.59. The molecule has 6 nitrogen and oxygen atoms in total. The Balaban J connectivity index is 1.50. The summed E-state index contributed by atoms with van der Waals surface area (Å²) in [5, 5.41) is 0. The number of hydrogen-bond donors (Lipinski definition) is 0. The maximum Gasteiger partial charge on any atom is 0.416 e. The van der Waals surface area contributed by atoms with Gasteiger partial charge in [0.25, 0.3) is 0 Å². The molecule has 10 heteroatoms. The first-order valence-corrected chi connectivity index (χ1v) is 11.6. The first kappa shape index (κ1) is 24.1. The van der Waals surface area contributed by atoms with Gasteiger partial charge in [-0.05, 0) is 49.6 Å². The van der Waals surface area contributed by atoms with Gasteiger partial charge in [-0.1, -0.05) is 24.3 Å². The first-order chi connectivity index (χ1) is 15.1. The number of para-hydroxylation sites is 1. The molecule has 32 heavy (non-hydrogen) atoms. The van der Waals surface area contributed by atoms with Crippen molar-refractivity contribution in [2.45, 2.75) is 30.8 Å². The van der Waals surface area contributed by atoms with Gasteiger partial charge in [-0.25, -0.2) is 8.42 Å². The van der Waals surface area contributed by atoms with Gasteiger partial charge in [0.2, 0.25) is 10.0 Å². The van der Waals surface area contributed by atoms with Crippen molar-refractivity contribution < 1.29 is 35.9 Å². The van der Waals surface area contributed by atoms with Gasteiger partial charge in [0, 0.05) is 13.1 Å². The highest BCUT2D eigenvalue weighted by Gasteiger charge is 2.35. The van der Waals surface area contributed by atoms with E-state index in [0.29, 0.717) is 11.8 Å². The summed E-state index contributed by atoms with van der Waals surface area (Å²) in [7, 11) is -4.09. The summed E-state index contributed by atoms with van der Waals surface area (Å²) in [6.45, 7) is 2.22. The quantitative estimate of drug-likeness (QED) is 0.450. The maximum atomic E-state index is 12.9. The van der Waals surface area contributed by atoms with Crippen LogP contribution in [0.15, 0.2) is 53.4 Å². The standard InChI is InChI=1S/C22H24F3NO5S/c1-16-5-2-3-8-20(16)30-13-14-31-21(27)17-9-11-26(12-10-17)32(28,29)19-7-4-6-18(15-19)22(23,24)25/h2-8,15,17H,9-14H2,1H3. The van der Waals surface area contributed by atoms with E-state index in [1.54, 1.807) is 0 Å². The smallest absolute Gasteiger partial charge is 0.416 e. The number of carbonyl (C=O) groups is 1. The van der Waals surface area contributed by atoms with E-state index >= 15 is 0 Å². The van der Waals surface area contributed by atoms with E-state index in [1.165, 1.54) is 0 Å². The van der Waals surface area contributed by atoms with Crippen LogP contribution in [0.25, 0.3) is 0 Å². The molecule has 0 bridgehead atoms. The van der Waals surface area contributed by atoms with E-state index < -0.39 is 38.5 Å². The number of piperidine rings is 1. The minimum atomic E-state index is -4.63. The third-order valence-corrected chi connectivity index (χ3v) is 7.16. The van der Waals surface area contributed by atoms with Gasteiger partial charge in [-0.2, -0.15) is 17.5 Å². The summed E-state index contributed by atoms with van der Waals surface area (Å²) < 4.78 is 76.1. The Bertz CT molecular complexity index is 1050. The van der Waals surface area contributed by atoms with Gasteiger partial charge in [0.05, 0.1) is 16.4 Å². The van der Waals surface area contributed by atoms with E-state index in [1.807, 2.05) is 31.2 Å². The van der Waals surface area contributed by atoms with E-state index in [-0.39, 0.29) is 39.1 Å². The monoisotopic (exact) mass is 471 g/mol. The largest absolute Gasteiger partial charge is 0.490 e. The van der Waals surface area contributed by atoms with Gasteiger partial charge in [-0.15, -0.1) is 0 Å². The third-order valence-electron chi connectivity index (χ3n) is 5.27. The van der Waals surface area contributed by atoms with E-state index in [0.717, 1.165) is 28.1 Å². The van der Waals surface area contributed by atoms with Gasteiger partial charge in [0.15, 0.2) is 0 Å². The fourth-order valence-electron chi connectivity index (χ4n) is 3.44. The van der Waals surface area contributed by atoms with Crippen LogP contribution in [-0.2, 0) is 25.7 Å². The number of rotatable bonds is 7. The summed E-state index contributed by atoms with van der Waals surface area (Å²) in [6, 6.07) is 11.1. The van der Waals surface area contributed by atoms with Gasteiger partial charge < -0.3 is 9.47 Å². The molecule has 0 aromatic heterocycles. The van der Waals surface area contributed by atoms with Crippen LogP contribution in [0.5, 0.6) is 5.75 Å². The molecule has 0 amide bonds. The van der Waals surface area contributed by atoms with Crippen LogP contribution in [0.4, 0.5) is 13.2 Å². The molecule has 1 saturated heterocycles. The average Bonchev–Trinajstić information content (AvgIpc) is 2.77. The number of ether oxygens (including phenoxy) is 2. The van der Waals surface area contributed by atoms with Crippen molar-refractivity contribution in [2.75, 3.05) is 26.3 Å². The lowest BCUT2D eigenvalue weighted by Gasteiger charge is -2.30. The molecule has 1 fully saturated rings. The van der Waals surface area contributed by atoms with E-state index in [9.17, 15) is 26.4 Å². The van der Waals surface area contributed by atoms with Crippen molar-refractivity contribution in [3.63, 3.8) is 0 Å². The van der Waals surface area contributed by atoms with Crippen molar-refractivity contribution in [2.24, 2.45) is 5.92 Å². The summed E-state index contributed by atoms with van der Waals surface area (Å²) in [6.07, 6.45) is -4.17. The number of sulfonamides is 1. The molecule has 174 valence electrons. The lowest BCUT2D eigenvalue weighted by atomic mass is 9.98. The van der Waals surface area contributed by atoms with Gasteiger partial charge in [-0.3, -0.25) is 4.79 Å². The summed E-state index contributed by atoms with van der Waals surface area (Å²) in [5.41, 5.74) is -0.0573. The molecule has 0 N–H and O–H groups in total. The molecule has 0 atom stereocenters. The van der Waals surface area contributed by atoms with Crippen LogP contribution in [0.3, 0.4) is 0 Å². The Morgan fingerprint density at radius 3 is 2.41 bits per heavy atom. The molecule has 0 saturated carbocycles. The zero-order chi connectivity index (χ0) is 23.4. The second-order valence-electron chi connectivity index (χ2n) is 7.49. The van der Waals surface area contributed by atoms with Crippen LogP contribution in [-0.4, -0.2) is 45.0 Å². The predicted molar refractivity (Wildman–Crippen MR) is 111 cm³/mol. The zero-order valence-corrected chi connectivity index (χ0v) is 18.3. The lowest BCUT2D eigenvalue weighted by molar-refractivity contribution is -0.150. The number of aryl methyl sites for hydroxylation is 1. The highest BCUT2D eigenvalue weighted by Crippen LogP contribution is 2.32. The topological polar surface area (TPSA) is 72.9 Å². The van der Waals surface area contributed by atoms with Crippen LogP contribution >= 0.6 is 0 Å². The average molecular weight is 471 g/mol. The number of esters is 1. The van der Waals surface area contributed by atoms with Crippen molar-refractivity contribution in [1.82, 2.24) is 4.31 Å². The maximum absolute atomic E-state index is 12.9. The molecule has 1 aliphatic heterocycles. The summed E-state index contributed by atoms with van der Waals surface area (Å²) in [4.78, 5) is 11.9. The Morgan fingerprint density at radius 1 is 1.06 bits per heavy atom. The fraction of sp³-hybridized carbons (Fsp3) is 0.409. The van der Waals surface area contributed by atoms with E-state index in [4.69, 9.17) is 9.47 Å². The molecule has 0 unspecified atom stereocenters. The molecule has 0 aliphatic carbocycles. The second kappa shape index (κ2) is 9.91. The number of nitrogens with zero attached hydrogens (tertiary/aromatic N) is 1. The molecular weight excluding hydrogens is 447 g/mol. The minimum Gasteiger partial charge on any atom is -0.490 e. The Morgan fingerprint density at radius 2 is 1.75 bits per heavy atom. The van der Waals surface area contributed by atoms with Crippen molar-refractivity contribution in [3.05, 3.63) is 59.7 Å². The van der Waals surface area contributed by atoms with Crippen LogP contribution in [0.2, 0.25) is 0 Å². The molecule has 2 aromatic carbocycles. The number of benzene rings is 2.